The Morgan fingerprint density at radius 2 is 1.81 bits per heavy atom. The first-order valence-electron chi connectivity index (χ1n) is 6.79. The maximum atomic E-state index is 12.1. The van der Waals surface area contributed by atoms with Crippen LogP contribution in [0.25, 0.3) is 17.0 Å². The van der Waals surface area contributed by atoms with E-state index in [1.807, 2.05) is 66.7 Å². The van der Waals surface area contributed by atoms with E-state index in [9.17, 15) is 4.79 Å². The largest absolute Gasteiger partial charge is 0.458 e. The minimum Gasteiger partial charge on any atom is -0.458 e. The Bertz CT molecular complexity index is 772. The van der Waals surface area contributed by atoms with Crippen molar-refractivity contribution in [2.45, 2.75) is 0 Å². The number of aromatic nitrogens is 1. The molecule has 21 heavy (non-hydrogen) atoms. The molecule has 0 unspecified atom stereocenters. The number of hydrogen-bond acceptors (Lipinski definition) is 2. The van der Waals surface area contributed by atoms with Gasteiger partial charge < -0.3 is 9.72 Å². The number of hydrogen-bond donors (Lipinski definition) is 1. The molecule has 3 rings (SSSR count). The van der Waals surface area contributed by atoms with Crippen molar-refractivity contribution in [1.29, 1.82) is 0 Å². The number of aromatic amines is 1. The molecule has 0 atom stereocenters. The smallest absolute Gasteiger partial charge is 0.340 e. The van der Waals surface area contributed by atoms with Crippen LogP contribution in [0.1, 0.15) is 15.9 Å². The van der Waals surface area contributed by atoms with Crippen LogP contribution in [0.4, 0.5) is 0 Å². The Balaban J connectivity index is 1.63. The van der Waals surface area contributed by atoms with E-state index in [2.05, 4.69) is 4.98 Å². The van der Waals surface area contributed by atoms with Crippen LogP contribution in [0.5, 0.6) is 0 Å². The number of fused-ring (bicyclic) bond motifs is 1. The van der Waals surface area contributed by atoms with Crippen LogP contribution in [0.15, 0.2) is 66.9 Å². The molecule has 0 aliphatic carbocycles. The van der Waals surface area contributed by atoms with Crippen LogP contribution < -0.4 is 0 Å². The summed E-state index contributed by atoms with van der Waals surface area (Å²) in [5, 5.41) is 0.884. The zero-order valence-electron chi connectivity index (χ0n) is 11.5. The van der Waals surface area contributed by atoms with Crippen molar-refractivity contribution in [2.24, 2.45) is 0 Å². The van der Waals surface area contributed by atoms with Gasteiger partial charge in [0.25, 0.3) is 0 Å². The van der Waals surface area contributed by atoms with Crippen LogP contribution in [0, 0.1) is 0 Å². The van der Waals surface area contributed by atoms with E-state index < -0.39 is 0 Å². The van der Waals surface area contributed by atoms with E-state index in [0.717, 1.165) is 16.5 Å². The van der Waals surface area contributed by atoms with Crippen molar-refractivity contribution < 1.29 is 9.53 Å². The molecule has 3 heteroatoms. The van der Waals surface area contributed by atoms with Crippen LogP contribution in [-0.4, -0.2) is 17.6 Å². The van der Waals surface area contributed by atoms with Gasteiger partial charge in [0, 0.05) is 17.1 Å². The van der Waals surface area contributed by atoms with Gasteiger partial charge in [-0.1, -0.05) is 54.6 Å². The molecule has 0 spiro atoms. The second-order valence-electron chi connectivity index (χ2n) is 4.66. The fourth-order valence-corrected chi connectivity index (χ4v) is 2.19. The monoisotopic (exact) mass is 277 g/mol. The Morgan fingerprint density at radius 3 is 2.67 bits per heavy atom. The van der Waals surface area contributed by atoms with Crippen molar-refractivity contribution in [1.82, 2.24) is 4.98 Å². The van der Waals surface area contributed by atoms with Gasteiger partial charge in [-0.25, -0.2) is 4.79 Å². The van der Waals surface area contributed by atoms with E-state index in [1.165, 1.54) is 0 Å². The molecule has 0 aliphatic rings. The average Bonchev–Trinajstić information content (AvgIpc) is 2.96. The Labute approximate surface area is 122 Å². The lowest BCUT2D eigenvalue weighted by Crippen LogP contribution is -2.04. The molecule has 3 aromatic rings. The molecule has 0 bridgehead atoms. The van der Waals surface area contributed by atoms with Gasteiger partial charge in [-0.05, 0) is 17.7 Å². The SMILES string of the molecule is O=C(OC/C=C/c1ccccc1)c1c[nH]c2ccccc12. The predicted molar refractivity (Wildman–Crippen MR) is 84.1 cm³/mol. The molecule has 0 saturated carbocycles. The van der Waals surface area contributed by atoms with Gasteiger partial charge in [0.15, 0.2) is 0 Å². The Kier molecular flexibility index (Phi) is 3.83. The lowest BCUT2D eigenvalue weighted by atomic mass is 10.2. The normalized spacial score (nSPS) is 11.0. The molecule has 1 heterocycles. The molecule has 1 aromatic heterocycles. The zero-order valence-corrected chi connectivity index (χ0v) is 11.5. The van der Waals surface area contributed by atoms with Gasteiger partial charge in [-0.3, -0.25) is 0 Å². The van der Waals surface area contributed by atoms with Gasteiger partial charge in [-0.2, -0.15) is 0 Å². The van der Waals surface area contributed by atoms with Gasteiger partial charge in [0.2, 0.25) is 0 Å². The molecule has 1 N–H and O–H groups in total. The highest BCUT2D eigenvalue weighted by atomic mass is 16.5. The van der Waals surface area contributed by atoms with Crippen molar-refractivity contribution in [2.75, 3.05) is 6.61 Å². The van der Waals surface area contributed by atoms with Crippen LogP contribution in [0.2, 0.25) is 0 Å². The lowest BCUT2D eigenvalue weighted by molar-refractivity contribution is 0.0552. The van der Waals surface area contributed by atoms with E-state index in [4.69, 9.17) is 4.74 Å². The second-order valence-corrected chi connectivity index (χ2v) is 4.66. The number of nitrogens with one attached hydrogen (secondary N) is 1. The number of H-pyrrole nitrogens is 1. The van der Waals surface area contributed by atoms with Crippen molar-refractivity contribution >= 4 is 22.9 Å². The summed E-state index contributed by atoms with van der Waals surface area (Å²) in [5.74, 6) is -0.315. The van der Waals surface area contributed by atoms with E-state index in [1.54, 1.807) is 6.20 Å². The van der Waals surface area contributed by atoms with Gasteiger partial charge in [0.1, 0.15) is 6.61 Å². The van der Waals surface area contributed by atoms with Crippen LogP contribution in [0.3, 0.4) is 0 Å². The van der Waals surface area contributed by atoms with Crippen molar-refractivity contribution in [3.8, 4) is 0 Å². The maximum Gasteiger partial charge on any atom is 0.340 e. The molecule has 104 valence electrons. The minimum atomic E-state index is -0.315. The number of benzene rings is 2. The van der Waals surface area contributed by atoms with Crippen molar-refractivity contribution in [3.05, 3.63) is 78.0 Å². The first-order chi connectivity index (χ1) is 10.3. The summed E-state index contributed by atoms with van der Waals surface area (Å²) in [6.45, 7) is 0.257. The van der Waals surface area contributed by atoms with Gasteiger partial charge in [0.05, 0.1) is 5.56 Å². The molecule has 0 fully saturated rings. The van der Waals surface area contributed by atoms with Crippen LogP contribution >= 0.6 is 0 Å². The van der Waals surface area contributed by atoms with Gasteiger partial charge >= 0.3 is 5.97 Å². The summed E-state index contributed by atoms with van der Waals surface area (Å²) >= 11 is 0. The summed E-state index contributed by atoms with van der Waals surface area (Å²) in [4.78, 5) is 15.1. The molecule has 2 aromatic carbocycles. The zero-order chi connectivity index (χ0) is 14.5. The molecule has 0 aliphatic heterocycles. The Morgan fingerprint density at radius 1 is 1.05 bits per heavy atom. The number of rotatable bonds is 4. The molecule has 0 amide bonds. The quantitative estimate of drug-likeness (QED) is 0.731. The third-order valence-electron chi connectivity index (χ3n) is 3.23. The third kappa shape index (κ3) is 3.03. The summed E-state index contributed by atoms with van der Waals surface area (Å²) in [6.07, 6.45) is 5.46. The summed E-state index contributed by atoms with van der Waals surface area (Å²) in [7, 11) is 0. The summed E-state index contributed by atoms with van der Waals surface area (Å²) in [6, 6.07) is 17.6. The number of ether oxygens (including phenoxy) is 1. The predicted octanol–water partition coefficient (Wildman–Crippen LogP) is 4.04. The lowest BCUT2D eigenvalue weighted by Gasteiger charge is -2.00. The van der Waals surface area contributed by atoms with Crippen molar-refractivity contribution in [3.63, 3.8) is 0 Å². The third-order valence-corrected chi connectivity index (χ3v) is 3.23. The maximum absolute atomic E-state index is 12.1. The summed E-state index contributed by atoms with van der Waals surface area (Å²) in [5.41, 5.74) is 2.59. The highest BCUT2D eigenvalue weighted by Gasteiger charge is 2.11. The topological polar surface area (TPSA) is 42.1 Å². The standard InChI is InChI=1S/C18H15NO2/c20-18(16-13-19-17-11-5-4-10-15(16)17)21-12-6-9-14-7-2-1-3-8-14/h1-11,13,19H,12H2/b9-6+. The molecule has 3 nitrogen and oxygen atoms in total. The fraction of sp³-hybridized carbons (Fsp3) is 0.0556. The number of esters is 1. The molecular formula is C18H15NO2. The first-order valence-corrected chi connectivity index (χ1v) is 6.79. The Hall–Kier alpha value is -2.81. The molecule has 0 radical (unpaired) electrons. The van der Waals surface area contributed by atoms with E-state index in [0.29, 0.717) is 5.56 Å². The van der Waals surface area contributed by atoms with Gasteiger partial charge in [-0.15, -0.1) is 0 Å². The number of para-hydroxylation sites is 1. The second kappa shape index (κ2) is 6.09. The first kappa shape index (κ1) is 13.2. The van der Waals surface area contributed by atoms with E-state index >= 15 is 0 Å². The minimum absolute atomic E-state index is 0.257. The number of carbonyl (C=O) groups is 1. The average molecular weight is 277 g/mol. The number of carbonyl (C=O) groups excluding carboxylic acids is 1. The molecule has 0 saturated heterocycles. The highest BCUT2D eigenvalue weighted by molar-refractivity contribution is 6.04. The van der Waals surface area contributed by atoms with E-state index in [-0.39, 0.29) is 12.6 Å². The summed E-state index contributed by atoms with van der Waals surface area (Å²) < 4.78 is 5.27. The highest BCUT2D eigenvalue weighted by Crippen LogP contribution is 2.18. The fourth-order valence-electron chi connectivity index (χ4n) is 2.19. The van der Waals surface area contributed by atoms with Crippen LogP contribution in [-0.2, 0) is 4.74 Å². The molecular weight excluding hydrogens is 262 g/mol.